The molecule has 0 radical (unpaired) electrons. The highest BCUT2D eigenvalue weighted by atomic mass is 35.5. The molecule has 22 heavy (non-hydrogen) atoms. The predicted molar refractivity (Wildman–Crippen MR) is 88.5 cm³/mol. The first kappa shape index (κ1) is 20.2. The van der Waals surface area contributed by atoms with Gasteiger partial charge in [0.1, 0.15) is 0 Å². The van der Waals surface area contributed by atoms with Gasteiger partial charge in [-0.25, -0.2) is 9.59 Å². The van der Waals surface area contributed by atoms with E-state index in [4.69, 9.17) is 22.4 Å². The normalized spacial score (nSPS) is 9.59. The molecular formula is C16H24ClNO4. The summed E-state index contributed by atoms with van der Waals surface area (Å²) in [4.78, 5) is 20.6. The number of ether oxygens (including phenoxy) is 1. The summed E-state index contributed by atoms with van der Waals surface area (Å²) < 4.78 is 4.51. The summed E-state index contributed by atoms with van der Waals surface area (Å²) in [6.45, 7) is 4.56. The molecular weight excluding hydrogens is 306 g/mol. The molecule has 0 aliphatic carbocycles. The summed E-state index contributed by atoms with van der Waals surface area (Å²) >= 11 is 4.93. The number of benzene rings is 1. The van der Waals surface area contributed by atoms with Crippen molar-refractivity contribution in [3.63, 3.8) is 0 Å². The second-order valence-electron chi connectivity index (χ2n) is 4.73. The monoisotopic (exact) mass is 329 g/mol. The van der Waals surface area contributed by atoms with Crippen molar-refractivity contribution in [3.8, 4) is 0 Å². The van der Waals surface area contributed by atoms with Crippen LogP contribution < -0.4 is 5.73 Å². The van der Waals surface area contributed by atoms with E-state index in [1.807, 2.05) is 13.0 Å². The lowest BCUT2D eigenvalue weighted by atomic mass is 10.1. The first-order valence-electron chi connectivity index (χ1n) is 7.36. The Bertz CT molecular complexity index is 477. The first-order valence-corrected chi connectivity index (χ1v) is 7.74. The Labute approximate surface area is 136 Å². The minimum atomic E-state index is -0.970. The maximum Gasteiger partial charge on any atom is 0.403 e. The number of nitrogen functional groups attached to an aromatic ring is 1. The van der Waals surface area contributed by atoms with Gasteiger partial charge in [-0.1, -0.05) is 39.2 Å². The lowest BCUT2D eigenvalue weighted by Gasteiger charge is -2.02. The number of unbranched alkanes of at least 4 members (excludes halogenated alkanes) is 3. The molecule has 0 spiro atoms. The lowest BCUT2D eigenvalue weighted by Crippen LogP contribution is -2.02. The van der Waals surface area contributed by atoms with E-state index in [1.165, 1.54) is 12.8 Å². The molecule has 1 aromatic carbocycles. The van der Waals surface area contributed by atoms with E-state index in [9.17, 15) is 9.59 Å². The van der Waals surface area contributed by atoms with Crippen molar-refractivity contribution in [2.75, 3.05) is 12.3 Å². The number of carboxylic acid groups (broad SMARTS) is 1. The molecule has 0 bridgehead atoms. The largest absolute Gasteiger partial charge is 0.478 e. The smallest absolute Gasteiger partial charge is 0.403 e. The summed E-state index contributed by atoms with van der Waals surface area (Å²) in [7, 11) is 0. The van der Waals surface area contributed by atoms with Gasteiger partial charge in [0.05, 0.1) is 12.2 Å². The number of hydrogen-bond acceptors (Lipinski definition) is 4. The van der Waals surface area contributed by atoms with Gasteiger partial charge >= 0.3 is 11.4 Å². The third-order valence-electron chi connectivity index (χ3n) is 2.97. The number of carboxylic acids is 1. The molecule has 0 saturated carbocycles. The quantitative estimate of drug-likeness (QED) is 0.437. The van der Waals surface area contributed by atoms with Gasteiger partial charge in [0, 0.05) is 17.3 Å². The van der Waals surface area contributed by atoms with Gasteiger partial charge in [-0.15, -0.1) is 0 Å². The number of hydrogen-bond donors (Lipinski definition) is 2. The minimum Gasteiger partial charge on any atom is -0.478 e. The zero-order valence-corrected chi connectivity index (χ0v) is 13.9. The van der Waals surface area contributed by atoms with E-state index in [1.54, 1.807) is 12.1 Å². The van der Waals surface area contributed by atoms with Crippen LogP contribution in [0.2, 0.25) is 0 Å². The molecule has 1 aromatic rings. The lowest BCUT2D eigenvalue weighted by molar-refractivity contribution is 0.0698. The van der Waals surface area contributed by atoms with Crippen molar-refractivity contribution in [1.82, 2.24) is 0 Å². The zero-order valence-electron chi connectivity index (χ0n) is 13.1. The van der Waals surface area contributed by atoms with Crippen LogP contribution in [0.3, 0.4) is 0 Å². The van der Waals surface area contributed by atoms with Crippen LogP contribution in [0.5, 0.6) is 0 Å². The number of aryl methyl sites for hydroxylation is 1. The van der Waals surface area contributed by atoms with Crippen LogP contribution in [0.1, 0.15) is 55.5 Å². The second-order valence-corrected chi connectivity index (χ2v) is 5.04. The average Bonchev–Trinajstić information content (AvgIpc) is 2.47. The summed E-state index contributed by atoms with van der Waals surface area (Å²) in [5, 5.41) is 8.71. The SMILES string of the molecule is CCCCCCOC(=O)Cl.CCc1ccc(N)c(C(=O)O)c1. The van der Waals surface area contributed by atoms with Crippen molar-refractivity contribution in [3.05, 3.63) is 29.3 Å². The molecule has 1 rings (SSSR count). The van der Waals surface area contributed by atoms with Gasteiger partial charge in [0.2, 0.25) is 0 Å². The summed E-state index contributed by atoms with van der Waals surface area (Å²) in [5.74, 6) is -0.970. The topological polar surface area (TPSA) is 89.6 Å². The van der Waals surface area contributed by atoms with Crippen LogP contribution in [0, 0.1) is 0 Å². The molecule has 6 heteroatoms. The van der Waals surface area contributed by atoms with Crippen molar-refractivity contribution >= 4 is 28.7 Å². The highest BCUT2D eigenvalue weighted by molar-refractivity contribution is 6.61. The molecule has 0 amide bonds. The molecule has 0 aromatic heterocycles. The predicted octanol–water partition coefficient (Wildman–Crippen LogP) is 4.47. The molecule has 3 N–H and O–H groups in total. The van der Waals surface area contributed by atoms with E-state index in [0.29, 0.717) is 12.3 Å². The molecule has 5 nitrogen and oxygen atoms in total. The van der Waals surface area contributed by atoms with Crippen LogP contribution >= 0.6 is 11.6 Å². The van der Waals surface area contributed by atoms with Gasteiger partial charge in [-0.3, -0.25) is 0 Å². The van der Waals surface area contributed by atoms with Crippen LogP contribution in [0.25, 0.3) is 0 Å². The number of anilines is 1. The zero-order chi connectivity index (χ0) is 17.0. The van der Waals surface area contributed by atoms with E-state index < -0.39 is 11.4 Å². The fourth-order valence-corrected chi connectivity index (χ4v) is 1.77. The third-order valence-corrected chi connectivity index (χ3v) is 3.08. The van der Waals surface area contributed by atoms with E-state index >= 15 is 0 Å². The standard InChI is InChI=1S/C9H11NO2.C7H13ClO2/c1-2-6-3-4-8(10)7(5-6)9(11)12;1-2-3-4-5-6-10-7(8)9/h3-5H,2,10H2,1H3,(H,11,12);2-6H2,1H3. The number of carbonyl (C=O) groups excluding carboxylic acids is 1. The summed E-state index contributed by atoms with van der Waals surface area (Å²) in [6, 6.07) is 5.07. The number of carbonyl (C=O) groups is 2. The molecule has 124 valence electrons. The van der Waals surface area contributed by atoms with E-state index in [2.05, 4.69) is 11.7 Å². The Morgan fingerprint density at radius 2 is 1.91 bits per heavy atom. The maximum absolute atomic E-state index is 10.6. The minimum absolute atomic E-state index is 0.189. The van der Waals surface area contributed by atoms with E-state index in [-0.39, 0.29) is 5.56 Å². The highest BCUT2D eigenvalue weighted by Crippen LogP contribution is 2.14. The van der Waals surface area contributed by atoms with E-state index in [0.717, 1.165) is 24.8 Å². The Kier molecular flexibility index (Phi) is 10.9. The highest BCUT2D eigenvalue weighted by Gasteiger charge is 2.07. The van der Waals surface area contributed by atoms with Gasteiger partial charge in [-0.2, -0.15) is 0 Å². The molecule has 0 atom stereocenters. The van der Waals surface area contributed by atoms with Crippen LogP contribution in [0.15, 0.2) is 18.2 Å². The number of aromatic carboxylic acids is 1. The number of nitrogens with two attached hydrogens (primary N) is 1. The maximum atomic E-state index is 10.6. The Morgan fingerprint density at radius 1 is 1.23 bits per heavy atom. The second kappa shape index (κ2) is 11.9. The van der Waals surface area contributed by atoms with Crippen LogP contribution in [-0.4, -0.2) is 23.1 Å². The molecule has 0 unspecified atom stereocenters. The molecule has 0 fully saturated rings. The Balaban J connectivity index is 0.000000409. The van der Waals surface area contributed by atoms with Gasteiger partial charge in [0.15, 0.2) is 0 Å². The summed E-state index contributed by atoms with van der Waals surface area (Å²) in [6.07, 6.45) is 5.24. The Morgan fingerprint density at radius 3 is 2.41 bits per heavy atom. The fraction of sp³-hybridized carbons (Fsp3) is 0.500. The molecule has 0 aliphatic rings. The van der Waals surface area contributed by atoms with Crippen molar-refractivity contribution in [2.45, 2.75) is 46.0 Å². The number of rotatable bonds is 7. The van der Waals surface area contributed by atoms with Crippen molar-refractivity contribution < 1.29 is 19.4 Å². The third kappa shape index (κ3) is 9.23. The fourth-order valence-electron chi connectivity index (χ4n) is 1.69. The average molecular weight is 330 g/mol. The van der Waals surface area contributed by atoms with Crippen molar-refractivity contribution in [2.24, 2.45) is 0 Å². The number of halogens is 1. The van der Waals surface area contributed by atoms with Gasteiger partial charge < -0.3 is 15.6 Å². The first-order chi connectivity index (χ1) is 10.4. The van der Waals surface area contributed by atoms with Crippen LogP contribution in [-0.2, 0) is 11.2 Å². The van der Waals surface area contributed by atoms with Crippen LogP contribution in [0.4, 0.5) is 10.5 Å². The molecule has 0 heterocycles. The molecule has 0 aliphatic heterocycles. The summed E-state index contributed by atoms with van der Waals surface area (Å²) in [5.41, 5.74) is 6.26. The molecule has 0 saturated heterocycles. The van der Waals surface area contributed by atoms with Crippen molar-refractivity contribution in [1.29, 1.82) is 0 Å². The van der Waals surface area contributed by atoms with Gasteiger partial charge in [-0.05, 0) is 30.5 Å². The Hall–Kier alpha value is -1.75. The van der Waals surface area contributed by atoms with Gasteiger partial charge in [0.25, 0.3) is 0 Å².